The van der Waals surface area contributed by atoms with E-state index in [0.29, 0.717) is 24.3 Å². The van der Waals surface area contributed by atoms with E-state index in [2.05, 4.69) is 51.1 Å². The van der Waals surface area contributed by atoms with Crippen LogP contribution >= 0.6 is 24.0 Å². The van der Waals surface area contributed by atoms with Crippen LogP contribution in [0.4, 0.5) is 0 Å². The number of nitrogens with zero attached hydrogens (tertiary/aromatic N) is 5. The van der Waals surface area contributed by atoms with Crippen molar-refractivity contribution in [3.8, 4) is 0 Å². The largest absolute Gasteiger partial charge is 0.357 e. The number of aliphatic imine (C=N–C) groups is 1. The Kier molecular flexibility index (Phi) is 8.82. The number of guanidine groups is 1. The van der Waals surface area contributed by atoms with Crippen LogP contribution in [-0.2, 0) is 6.54 Å². The summed E-state index contributed by atoms with van der Waals surface area (Å²) in [6.07, 6.45) is 2.56. The molecule has 7 nitrogen and oxygen atoms in total. The van der Waals surface area contributed by atoms with Crippen molar-refractivity contribution in [3.05, 3.63) is 11.7 Å². The first kappa shape index (κ1) is 20.1. The van der Waals surface area contributed by atoms with E-state index in [9.17, 15) is 0 Å². The Bertz CT molecular complexity index is 492. The lowest BCUT2D eigenvalue weighted by atomic mass is 10.2. The van der Waals surface area contributed by atoms with Crippen molar-refractivity contribution in [2.45, 2.75) is 46.2 Å². The fourth-order valence-corrected chi connectivity index (χ4v) is 2.94. The first-order chi connectivity index (χ1) is 10.6. The molecule has 1 aliphatic heterocycles. The predicted molar refractivity (Wildman–Crippen MR) is 102 cm³/mol. The average Bonchev–Trinajstić information content (AvgIpc) is 3.12. The van der Waals surface area contributed by atoms with Crippen LogP contribution in [0.5, 0.6) is 0 Å². The molecule has 0 bridgehead atoms. The van der Waals surface area contributed by atoms with Crippen molar-refractivity contribution in [2.24, 2.45) is 4.99 Å². The van der Waals surface area contributed by atoms with Crippen molar-refractivity contribution in [2.75, 3.05) is 33.2 Å². The molecule has 0 radical (unpaired) electrons. The van der Waals surface area contributed by atoms with E-state index in [-0.39, 0.29) is 24.0 Å². The van der Waals surface area contributed by atoms with Crippen molar-refractivity contribution in [1.82, 2.24) is 25.3 Å². The molecule has 0 saturated carbocycles. The summed E-state index contributed by atoms with van der Waals surface area (Å²) in [5.74, 6) is 2.10. The molecular weight excluding hydrogens is 407 g/mol. The Labute approximate surface area is 155 Å². The van der Waals surface area contributed by atoms with Gasteiger partial charge < -0.3 is 14.7 Å². The van der Waals surface area contributed by atoms with Crippen LogP contribution in [0.2, 0.25) is 0 Å². The predicted octanol–water partition coefficient (Wildman–Crippen LogP) is 1.88. The molecule has 132 valence electrons. The summed E-state index contributed by atoms with van der Waals surface area (Å²) in [5.41, 5.74) is 0. The van der Waals surface area contributed by atoms with Gasteiger partial charge in [0.15, 0.2) is 11.8 Å². The molecule has 0 aromatic carbocycles. The van der Waals surface area contributed by atoms with E-state index in [1.165, 1.54) is 19.4 Å². The Morgan fingerprint density at radius 3 is 2.87 bits per heavy atom. The maximum absolute atomic E-state index is 4.98. The van der Waals surface area contributed by atoms with Crippen LogP contribution in [-0.4, -0.2) is 65.2 Å². The number of halogens is 1. The van der Waals surface area contributed by atoms with Gasteiger partial charge in [-0.2, -0.15) is 4.98 Å². The van der Waals surface area contributed by atoms with Gasteiger partial charge in [-0.05, 0) is 32.9 Å². The Morgan fingerprint density at radius 1 is 1.48 bits per heavy atom. The average molecular weight is 436 g/mol. The monoisotopic (exact) mass is 436 g/mol. The highest BCUT2D eigenvalue weighted by Gasteiger charge is 2.24. The molecule has 1 aromatic heterocycles. The topological polar surface area (TPSA) is 69.8 Å². The van der Waals surface area contributed by atoms with Crippen molar-refractivity contribution in [3.63, 3.8) is 0 Å². The molecule has 1 aromatic rings. The van der Waals surface area contributed by atoms with Gasteiger partial charge in [-0.25, -0.2) is 4.99 Å². The third-order valence-electron chi connectivity index (χ3n) is 4.03. The highest BCUT2D eigenvalue weighted by molar-refractivity contribution is 14.0. The minimum Gasteiger partial charge on any atom is -0.357 e. The minimum absolute atomic E-state index is 0. The van der Waals surface area contributed by atoms with Gasteiger partial charge in [-0.3, -0.25) is 4.90 Å². The SMILES string of the molecule is CCNC(=NCc1noc(C)n1)N(C)CC1CCCN1CC.I. The normalized spacial score (nSPS) is 18.8. The molecule has 8 heteroatoms. The highest BCUT2D eigenvalue weighted by Crippen LogP contribution is 2.17. The lowest BCUT2D eigenvalue weighted by molar-refractivity contribution is 0.232. The second kappa shape index (κ2) is 10.1. The molecule has 1 fully saturated rings. The van der Waals surface area contributed by atoms with Crippen molar-refractivity contribution in [1.29, 1.82) is 0 Å². The van der Waals surface area contributed by atoms with Crippen LogP contribution in [0.1, 0.15) is 38.4 Å². The molecule has 23 heavy (non-hydrogen) atoms. The smallest absolute Gasteiger partial charge is 0.223 e. The quantitative estimate of drug-likeness (QED) is 0.417. The maximum Gasteiger partial charge on any atom is 0.223 e. The first-order valence-corrected chi connectivity index (χ1v) is 8.16. The van der Waals surface area contributed by atoms with E-state index >= 15 is 0 Å². The van der Waals surface area contributed by atoms with Gasteiger partial charge in [0.2, 0.25) is 5.89 Å². The van der Waals surface area contributed by atoms with Gasteiger partial charge in [0, 0.05) is 33.1 Å². The second-order valence-electron chi connectivity index (χ2n) is 5.70. The number of likely N-dealkylation sites (tertiary alicyclic amines) is 1. The Morgan fingerprint density at radius 2 is 2.26 bits per heavy atom. The Balaban J connectivity index is 0.00000264. The summed E-state index contributed by atoms with van der Waals surface area (Å²) < 4.78 is 4.98. The maximum atomic E-state index is 4.98. The van der Waals surface area contributed by atoms with Crippen LogP contribution in [0, 0.1) is 6.92 Å². The number of aryl methyl sites for hydroxylation is 1. The lowest BCUT2D eigenvalue weighted by Crippen LogP contribution is -2.45. The first-order valence-electron chi connectivity index (χ1n) is 8.16. The minimum atomic E-state index is 0. The van der Waals surface area contributed by atoms with E-state index < -0.39 is 0 Å². The molecular formula is C15H29IN6O. The van der Waals surface area contributed by atoms with Gasteiger partial charge in [0.05, 0.1) is 0 Å². The molecule has 1 unspecified atom stereocenters. The van der Waals surface area contributed by atoms with E-state index in [1.54, 1.807) is 6.92 Å². The zero-order chi connectivity index (χ0) is 15.9. The number of nitrogens with one attached hydrogen (secondary N) is 1. The van der Waals surface area contributed by atoms with Gasteiger partial charge in [0.25, 0.3) is 0 Å². The molecule has 2 heterocycles. The second-order valence-corrected chi connectivity index (χ2v) is 5.70. The highest BCUT2D eigenvalue weighted by atomic mass is 127. The van der Waals surface area contributed by atoms with Crippen LogP contribution < -0.4 is 5.32 Å². The number of hydrogen-bond donors (Lipinski definition) is 1. The van der Waals surface area contributed by atoms with E-state index in [4.69, 9.17) is 4.52 Å². The number of likely N-dealkylation sites (N-methyl/N-ethyl adjacent to an activating group) is 2. The molecule has 0 aliphatic carbocycles. The van der Waals surface area contributed by atoms with Gasteiger partial charge in [-0.1, -0.05) is 12.1 Å². The van der Waals surface area contributed by atoms with Gasteiger partial charge >= 0.3 is 0 Å². The summed E-state index contributed by atoms with van der Waals surface area (Å²) in [6, 6.07) is 0.617. The van der Waals surface area contributed by atoms with Gasteiger partial charge in [0.1, 0.15) is 6.54 Å². The third-order valence-corrected chi connectivity index (χ3v) is 4.03. The zero-order valence-corrected chi connectivity index (χ0v) is 16.9. The summed E-state index contributed by atoms with van der Waals surface area (Å²) in [4.78, 5) is 13.6. The van der Waals surface area contributed by atoms with Gasteiger partial charge in [-0.15, -0.1) is 24.0 Å². The van der Waals surface area contributed by atoms with E-state index in [0.717, 1.165) is 25.6 Å². The van der Waals surface area contributed by atoms with Crippen molar-refractivity contribution < 1.29 is 4.52 Å². The summed E-state index contributed by atoms with van der Waals surface area (Å²) >= 11 is 0. The Hall–Kier alpha value is -0.900. The summed E-state index contributed by atoms with van der Waals surface area (Å²) in [5, 5.41) is 7.23. The lowest BCUT2D eigenvalue weighted by Gasteiger charge is -2.29. The molecule has 0 spiro atoms. The fraction of sp³-hybridized carbons (Fsp3) is 0.800. The zero-order valence-electron chi connectivity index (χ0n) is 14.6. The molecule has 1 saturated heterocycles. The molecule has 1 aliphatic rings. The fourth-order valence-electron chi connectivity index (χ4n) is 2.94. The molecule has 1 atom stereocenters. The van der Waals surface area contributed by atoms with Crippen LogP contribution in [0.3, 0.4) is 0 Å². The van der Waals surface area contributed by atoms with Crippen LogP contribution in [0.25, 0.3) is 0 Å². The third kappa shape index (κ3) is 5.91. The number of rotatable bonds is 6. The number of hydrogen-bond acceptors (Lipinski definition) is 5. The molecule has 0 amide bonds. The summed E-state index contributed by atoms with van der Waals surface area (Å²) in [6.45, 7) is 10.7. The molecule has 1 N–H and O–H groups in total. The van der Waals surface area contributed by atoms with Crippen LogP contribution in [0.15, 0.2) is 9.52 Å². The van der Waals surface area contributed by atoms with E-state index in [1.807, 2.05) is 0 Å². The number of aromatic nitrogens is 2. The summed E-state index contributed by atoms with van der Waals surface area (Å²) in [7, 11) is 2.09. The van der Waals surface area contributed by atoms with Crippen molar-refractivity contribution >= 4 is 29.9 Å². The standard InChI is InChI=1S/C15H28N6O.HI/c1-5-16-15(17-10-14-18-12(3)22-19-14)20(4)11-13-8-7-9-21(13)6-2;/h13H,5-11H2,1-4H3,(H,16,17);1H. The molecule has 2 rings (SSSR count).